The van der Waals surface area contributed by atoms with Gasteiger partial charge < -0.3 is 9.64 Å². The molecule has 2 aromatic rings. The number of hydrogen-bond donors (Lipinski definition) is 0. The summed E-state index contributed by atoms with van der Waals surface area (Å²) in [7, 11) is 0. The number of carbonyl (C=O) groups is 4. The number of aryl methyl sites for hydroxylation is 1. The molecule has 33 heavy (non-hydrogen) atoms. The van der Waals surface area contributed by atoms with E-state index >= 15 is 0 Å². The van der Waals surface area contributed by atoms with Gasteiger partial charge in [0.2, 0.25) is 17.7 Å². The molecule has 5 rings (SSSR count). The van der Waals surface area contributed by atoms with Gasteiger partial charge in [-0.15, -0.1) is 0 Å². The van der Waals surface area contributed by atoms with Crippen molar-refractivity contribution in [3.63, 3.8) is 0 Å². The number of nitrogens with zero attached hydrogens (tertiary/aromatic N) is 2. The van der Waals surface area contributed by atoms with Crippen LogP contribution in [0.1, 0.15) is 37.7 Å². The van der Waals surface area contributed by atoms with Gasteiger partial charge in [0, 0.05) is 24.7 Å². The monoisotopic (exact) mass is 446 g/mol. The first-order valence-corrected chi connectivity index (χ1v) is 11.5. The van der Waals surface area contributed by atoms with Crippen LogP contribution in [-0.2, 0) is 19.2 Å². The summed E-state index contributed by atoms with van der Waals surface area (Å²) < 4.78 is 5.58. The van der Waals surface area contributed by atoms with E-state index in [-0.39, 0.29) is 48.3 Å². The van der Waals surface area contributed by atoms with Crippen molar-refractivity contribution in [1.82, 2.24) is 0 Å². The number of benzene rings is 2. The van der Waals surface area contributed by atoms with Crippen LogP contribution in [-0.4, -0.2) is 30.2 Å². The van der Waals surface area contributed by atoms with Crippen LogP contribution in [0.25, 0.3) is 0 Å². The Morgan fingerprint density at radius 1 is 0.909 bits per heavy atom. The highest BCUT2D eigenvalue weighted by Crippen LogP contribution is 2.40. The van der Waals surface area contributed by atoms with Gasteiger partial charge in [-0.1, -0.05) is 31.0 Å². The predicted octanol–water partition coefficient (Wildman–Crippen LogP) is 3.63. The number of amides is 3. The van der Waals surface area contributed by atoms with Crippen LogP contribution in [0.4, 0.5) is 11.4 Å². The third-order valence-electron chi connectivity index (χ3n) is 6.91. The van der Waals surface area contributed by atoms with E-state index in [1.807, 2.05) is 31.2 Å². The second-order valence-electron chi connectivity index (χ2n) is 9.17. The lowest BCUT2D eigenvalue weighted by Gasteiger charge is -2.19. The smallest absolute Gasteiger partial charge is 0.316 e. The first-order chi connectivity index (χ1) is 15.9. The molecule has 7 nitrogen and oxygen atoms in total. The van der Waals surface area contributed by atoms with Gasteiger partial charge in [-0.25, -0.2) is 4.90 Å². The molecule has 2 aliphatic heterocycles. The van der Waals surface area contributed by atoms with Gasteiger partial charge in [-0.3, -0.25) is 19.2 Å². The third kappa shape index (κ3) is 3.92. The highest BCUT2D eigenvalue weighted by Gasteiger charge is 2.48. The molecule has 1 aliphatic carbocycles. The van der Waals surface area contributed by atoms with Gasteiger partial charge in [0.15, 0.2) is 0 Å². The molecule has 0 unspecified atom stereocenters. The Morgan fingerprint density at radius 2 is 1.58 bits per heavy atom. The average Bonchev–Trinajstić information content (AvgIpc) is 3.32. The van der Waals surface area contributed by atoms with Crippen molar-refractivity contribution in [3.8, 4) is 5.75 Å². The second kappa shape index (κ2) is 8.46. The number of imide groups is 1. The molecule has 1 saturated carbocycles. The van der Waals surface area contributed by atoms with E-state index in [2.05, 4.69) is 0 Å². The second-order valence-corrected chi connectivity index (χ2v) is 9.17. The molecule has 2 saturated heterocycles. The molecule has 0 aromatic heterocycles. The summed E-state index contributed by atoms with van der Waals surface area (Å²) >= 11 is 0. The van der Waals surface area contributed by atoms with Crippen molar-refractivity contribution in [3.05, 3.63) is 54.1 Å². The first-order valence-electron chi connectivity index (χ1n) is 11.5. The number of carbonyl (C=O) groups excluding carboxylic acids is 4. The van der Waals surface area contributed by atoms with Crippen molar-refractivity contribution in [2.45, 2.75) is 39.0 Å². The topological polar surface area (TPSA) is 84.0 Å². The molecule has 0 N–H and O–H groups in total. The summed E-state index contributed by atoms with van der Waals surface area (Å²) in [6.45, 7) is 2.21. The Balaban J connectivity index is 1.29. The van der Waals surface area contributed by atoms with Crippen LogP contribution >= 0.6 is 0 Å². The maximum atomic E-state index is 12.9. The summed E-state index contributed by atoms with van der Waals surface area (Å²) in [5, 5.41) is 0. The Hall–Kier alpha value is -3.48. The summed E-state index contributed by atoms with van der Waals surface area (Å²) in [4.78, 5) is 53.9. The SMILES string of the molecule is Cc1cccc(N2C[C@H](C(=O)Oc3cccc(N4C(=O)[C@@H]5CCCC[C@H]5C4=O)c3)CC2=O)c1. The van der Waals surface area contributed by atoms with Crippen LogP contribution in [0.15, 0.2) is 48.5 Å². The van der Waals surface area contributed by atoms with E-state index in [0.29, 0.717) is 5.69 Å². The molecule has 3 fully saturated rings. The Morgan fingerprint density at radius 3 is 2.27 bits per heavy atom. The van der Waals surface area contributed by atoms with E-state index in [1.165, 1.54) is 4.90 Å². The molecule has 7 heteroatoms. The van der Waals surface area contributed by atoms with Crippen LogP contribution in [0, 0.1) is 24.7 Å². The van der Waals surface area contributed by atoms with Gasteiger partial charge in [0.25, 0.3) is 0 Å². The van der Waals surface area contributed by atoms with E-state index in [1.54, 1.807) is 29.2 Å². The van der Waals surface area contributed by atoms with Crippen molar-refractivity contribution in [2.75, 3.05) is 16.3 Å². The quantitative estimate of drug-likeness (QED) is 0.407. The van der Waals surface area contributed by atoms with Gasteiger partial charge >= 0.3 is 5.97 Å². The molecule has 170 valence electrons. The number of rotatable bonds is 4. The molecular weight excluding hydrogens is 420 g/mol. The highest BCUT2D eigenvalue weighted by atomic mass is 16.5. The van der Waals surface area contributed by atoms with Crippen molar-refractivity contribution in [2.24, 2.45) is 17.8 Å². The fourth-order valence-corrected chi connectivity index (χ4v) is 5.21. The lowest BCUT2D eigenvalue weighted by atomic mass is 9.81. The van der Waals surface area contributed by atoms with Crippen molar-refractivity contribution < 1.29 is 23.9 Å². The van der Waals surface area contributed by atoms with E-state index < -0.39 is 11.9 Å². The minimum Gasteiger partial charge on any atom is -0.426 e. The lowest BCUT2D eigenvalue weighted by Crippen LogP contribution is -2.31. The zero-order chi connectivity index (χ0) is 23.1. The summed E-state index contributed by atoms with van der Waals surface area (Å²) in [5.41, 5.74) is 2.23. The summed E-state index contributed by atoms with van der Waals surface area (Å²) in [6, 6.07) is 14.1. The number of fused-ring (bicyclic) bond motifs is 1. The van der Waals surface area contributed by atoms with Crippen LogP contribution in [0.3, 0.4) is 0 Å². The predicted molar refractivity (Wildman–Crippen MR) is 122 cm³/mol. The highest BCUT2D eigenvalue weighted by molar-refractivity contribution is 6.22. The maximum Gasteiger partial charge on any atom is 0.316 e. The molecule has 0 radical (unpaired) electrons. The molecule has 3 aliphatic rings. The van der Waals surface area contributed by atoms with Crippen molar-refractivity contribution >= 4 is 35.1 Å². The van der Waals surface area contributed by atoms with Gasteiger partial charge in [-0.05, 0) is 49.6 Å². The molecule has 0 bridgehead atoms. The van der Waals surface area contributed by atoms with Crippen LogP contribution < -0.4 is 14.5 Å². The number of esters is 1. The van der Waals surface area contributed by atoms with Gasteiger partial charge in [-0.2, -0.15) is 0 Å². The zero-order valence-electron chi connectivity index (χ0n) is 18.5. The Bertz CT molecular complexity index is 1120. The number of ether oxygens (including phenoxy) is 1. The third-order valence-corrected chi connectivity index (χ3v) is 6.91. The number of anilines is 2. The van der Waals surface area contributed by atoms with E-state index in [4.69, 9.17) is 4.74 Å². The average molecular weight is 447 g/mol. The van der Waals surface area contributed by atoms with Gasteiger partial charge in [0.1, 0.15) is 5.75 Å². The first kappa shape index (κ1) is 21.4. The van der Waals surface area contributed by atoms with Crippen LogP contribution in [0.2, 0.25) is 0 Å². The zero-order valence-corrected chi connectivity index (χ0v) is 18.5. The maximum absolute atomic E-state index is 12.9. The lowest BCUT2D eigenvalue weighted by molar-refractivity contribution is -0.139. The molecular formula is C26H26N2O5. The van der Waals surface area contributed by atoms with E-state index in [0.717, 1.165) is 36.9 Å². The fraction of sp³-hybridized carbons (Fsp3) is 0.385. The Labute approximate surface area is 192 Å². The molecule has 3 atom stereocenters. The molecule has 2 aromatic carbocycles. The Kier molecular flexibility index (Phi) is 5.48. The fourth-order valence-electron chi connectivity index (χ4n) is 5.21. The minimum atomic E-state index is -0.584. The van der Waals surface area contributed by atoms with Gasteiger partial charge in [0.05, 0.1) is 23.4 Å². The molecule has 2 heterocycles. The standard InChI is InChI=1S/C26H26N2O5/c1-16-6-4-7-18(12-16)27-15-17(13-23(27)29)26(32)33-20-9-5-8-19(14-20)28-24(30)21-10-2-3-11-22(21)25(28)31/h4-9,12,14,17,21-22H,2-3,10-11,13,15H2,1H3/t17-,21-,22-/m1/s1. The largest absolute Gasteiger partial charge is 0.426 e. The minimum absolute atomic E-state index is 0.0823. The van der Waals surface area contributed by atoms with Crippen molar-refractivity contribution in [1.29, 1.82) is 0 Å². The van der Waals surface area contributed by atoms with E-state index in [9.17, 15) is 19.2 Å². The summed E-state index contributed by atoms with van der Waals surface area (Å²) in [6.07, 6.45) is 3.50. The van der Waals surface area contributed by atoms with Crippen LogP contribution in [0.5, 0.6) is 5.75 Å². The number of hydrogen-bond acceptors (Lipinski definition) is 5. The molecule has 3 amide bonds. The summed E-state index contributed by atoms with van der Waals surface area (Å²) in [5.74, 6) is -1.75. The normalized spacial score (nSPS) is 24.9. The molecule has 0 spiro atoms.